The molecule has 10 heteroatoms. The highest BCUT2D eigenvalue weighted by Crippen LogP contribution is 2.29. The van der Waals surface area contributed by atoms with Crippen LogP contribution in [0.5, 0.6) is 0 Å². The second kappa shape index (κ2) is 7.16. The molecular formula is C16H14F3N5OS. The maximum absolute atomic E-state index is 12.7. The lowest BCUT2D eigenvalue weighted by Gasteiger charge is -2.09. The molecule has 1 amide bonds. The van der Waals surface area contributed by atoms with Crippen molar-refractivity contribution >= 4 is 28.2 Å². The van der Waals surface area contributed by atoms with E-state index in [1.807, 2.05) is 0 Å². The lowest BCUT2D eigenvalue weighted by atomic mass is 10.1. The topological polar surface area (TPSA) is 71.8 Å². The van der Waals surface area contributed by atoms with Crippen molar-refractivity contribution in [3.05, 3.63) is 58.7 Å². The number of anilines is 2. The summed E-state index contributed by atoms with van der Waals surface area (Å²) < 4.78 is 39.7. The number of halogens is 3. The summed E-state index contributed by atoms with van der Waals surface area (Å²) in [6.07, 6.45) is -2.79. The second-order valence-corrected chi connectivity index (χ2v) is 6.24. The third kappa shape index (κ3) is 4.20. The number of hydrogen-bond donors (Lipinski definition) is 2. The number of hydrogen-bond acceptors (Lipinski definition) is 5. The summed E-state index contributed by atoms with van der Waals surface area (Å²) in [5.74, 6) is 0.256. The smallest absolute Gasteiger partial charge is 0.347 e. The first kappa shape index (κ1) is 17.9. The van der Waals surface area contributed by atoms with Gasteiger partial charge in [-0.05, 0) is 17.7 Å². The van der Waals surface area contributed by atoms with Gasteiger partial charge in [0.05, 0.1) is 11.8 Å². The van der Waals surface area contributed by atoms with Crippen LogP contribution in [0, 0.1) is 0 Å². The molecule has 0 saturated heterocycles. The molecule has 6 nitrogen and oxygen atoms in total. The fourth-order valence-electron chi connectivity index (χ4n) is 2.17. The predicted octanol–water partition coefficient (Wildman–Crippen LogP) is 3.57. The van der Waals surface area contributed by atoms with Crippen molar-refractivity contribution < 1.29 is 18.0 Å². The minimum Gasteiger partial charge on any atom is -0.347 e. The number of thiazole rings is 1. The highest BCUT2D eigenvalue weighted by Gasteiger charge is 2.30. The summed E-state index contributed by atoms with van der Waals surface area (Å²) >= 11 is 1.24. The van der Waals surface area contributed by atoms with Crippen molar-refractivity contribution in [1.29, 1.82) is 0 Å². The van der Waals surface area contributed by atoms with Gasteiger partial charge in [-0.25, -0.2) is 4.98 Å². The van der Waals surface area contributed by atoms with Gasteiger partial charge < -0.3 is 10.6 Å². The van der Waals surface area contributed by atoms with Crippen LogP contribution in [0.15, 0.2) is 41.9 Å². The average molecular weight is 381 g/mol. The zero-order valence-corrected chi connectivity index (χ0v) is 14.4. The number of rotatable bonds is 5. The molecule has 0 unspecified atom stereocenters. The lowest BCUT2D eigenvalue weighted by Crippen LogP contribution is -2.23. The van der Waals surface area contributed by atoms with E-state index in [9.17, 15) is 18.0 Å². The molecule has 2 N–H and O–H groups in total. The van der Waals surface area contributed by atoms with Gasteiger partial charge in [0.2, 0.25) is 0 Å². The molecule has 136 valence electrons. The quantitative estimate of drug-likeness (QED) is 0.709. The van der Waals surface area contributed by atoms with E-state index in [0.717, 1.165) is 18.0 Å². The first-order chi connectivity index (χ1) is 12.3. The third-order valence-electron chi connectivity index (χ3n) is 3.50. The van der Waals surface area contributed by atoms with Crippen LogP contribution in [0.4, 0.5) is 24.1 Å². The molecular weight excluding hydrogens is 367 g/mol. The molecule has 0 aliphatic heterocycles. The fraction of sp³-hybridized carbons (Fsp3) is 0.188. The van der Waals surface area contributed by atoms with Gasteiger partial charge in [0.25, 0.3) is 5.91 Å². The van der Waals surface area contributed by atoms with Crippen molar-refractivity contribution in [3.8, 4) is 0 Å². The Morgan fingerprint density at radius 2 is 2.12 bits per heavy atom. The van der Waals surface area contributed by atoms with Gasteiger partial charge >= 0.3 is 6.18 Å². The Labute approximate surface area is 150 Å². The van der Waals surface area contributed by atoms with Crippen LogP contribution in [0.3, 0.4) is 0 Å². The van der Waals surface area contributed by atoms with Crippen molar-refractivity contribution in [2.75, 3.05) is 5.32 Å². The van der Waals surface area contributed by atoms with Crippen molar-refractivity contribution in [2.24, 2.45) is 7.05 Å². The number of aromatic nitrogens is 3. The zero-order chi connectivity index (χ0) is 18.7. The van der Waals surface area contributed by atoms with Crippen LogP contribution < -0.4 is 10.6 Å². The van der Waals surface area contributed by atoms with Crippen LogP contribution in [-0.4, -0.2) is 20.7 Å². The molecule has 0 radical (unpaired) electrons. The number of carbonyl (C=O) groups is 1. The molecule has 2 heterocycles. The average Bonchev–Trinajstić information content (AvgIpc) is 3.22. The number of nitrogens with zero attached hydrogens (tertiary/aromatic N) is 3. The van der Waals surface area contributed by atoms with E-state index in [0.29, 0.717) is 10.7 Å². The minimum atomic E-state index is -4.42. The molecule has 3 rings (SSSR count). The van der Waals surface area contributed by atoms with Crippen molar-refractivity contribution in [3.63, 3.8) is 0 Å². The number of aryl methyl sites for hydroxylation is 1. The van der Waals surface area contributed by atoms with Crippen LogP contribution in [0.1, 0.15) is 21.6 Å². The molecule has 0 atom stereocenters. The Morgan fingerprint density at radius 3 is 2.81 bits per heavy atom. The first-order valence-corrected chi connectivity index (χ1v) is 8.36. The van der Waals surface area contributed by atoms with Gasteiger partial charge in [0.1, 0.15) is 11.5 Å². The number of benzene rings is 1. The summed E-state index contributed by atoms with van der Waals surface area (Å²) in [7, 11) is 1.76. The van der Waals surface area contributed by atoms with Crippen LogP contribution in [0.25, 0.3) is 0 Å². The van der Waals surface area contributed by atoms with E-state index in [-0.39, 0.29) is 12.2 Å². The Balaban J connectivity index is 1.61. The molecule has 26 heavy (non-hydrogen) atoms. The lowest BCUT2D eigenvalue weighted by molar-refractivity contribution is -0.137. The predicted molar refractivity (Wildman–Crippen MR) is 91.2 cm³/mol. The highest BCUT2D eigenvalue weighted by molar-refractivity contribution is 7.14. The van der Waals surface area contributed by atoms with Gasteiger partial charge in [-0.3, -0.25) is 9.48 Å². The maximum atomic E-state index is 12.7. The molecule has 0 bridgehead atoms. The Kier molecular flexibility index (Phi) is 4.94. The number of alkyl halides is 3. The summed E-state index contributed by atoms with van der Waals surface area (Å²) in [4.78, 5) is 16.3. The number of amides is 1. The molecule has 0 aliphatic carbocycles. The summed E-state index contributed by atoms with van der Waals surface area (Å²) in [5.41, 5.74) is -0.205. The standard InChI is InChI=1S/C16H14F3N5OS/c1-24-13(5-6-21-24)23-15-22-12(9-26-15)14(25)20-8-10-3-2-4-11(7-10)16(17,18)19/h2-7,9H,8H2,1H3,(H,20,25)(H,22,23). The van der Waals surface area contributed by atoms with Crippen LogP contribution in [0.2, 0.25) is 0 Å². The van der Waals surface area contributed by atoms with Crippen LogP contribution >= 0.6 is 11.3 Å². The molecule has 0 aliphatic rings. The minimum absolute atomic E-state index is 0.0230. The van der Waals surface area contributed by atoms with Gasteiger partial charge in [0.15, 0.2) is 5.13 Å². The maximum Gasteiger partial charge on any atom is 0.416 e. The normalized spacial score (nSPS) is 11.4. The van der Waals surface area contributed by atoms with Gasteiger partial charge in [-0.1, -0.05) is 12.1 Å². The number of carbonyl (C=O) groups excluding carboxylic acids is 1. The monoisotopic (exact) mass is 381 g/mol. The van der Waals surface area contributed by atoms with Crippen molar-refractivity contribution in [2.45, 2.75) is 12.7 Å². The third-order valence-corrected chi connectivity index (χ3v) is 4.26. The van der Waals surface area contributed by atoms with E-state index in [1.54, 1.807) is 29.4 Å². The summed E-state index contributed by atoms with van der Waals surface area (Å²) in [6, 6.07) is 6.59. The molecule has 1 aromatic carbocycles. The molecule has 2 aromatic heterocycles. The SMILES string of the molecule is Cn1nccc1Nc1nc(C(=O)NCc2cccc(C(F)(F)F)c2)cs1. The largest absolute Gasteiger partial charge is 0.416 e. The van der Waals surface area contributed by atoms with Crippen LogP contribution in [-0.2, 0) is 19.8 Å². The fourth-order valence-corrected chi connectivity index (χ4v) is 2.87. The van der Waals surface area contributed by atoms with Crippen molar-refractivity contribution in [1.82, 2.24) is 20.1 Å². The molecule has 3 aromatic rings. The zero-order valence-electron chi connectivity index (χ0n) is 13.5. The highest BCUT2D eigenvalue weighted by atomic mass is 32.1. The number of nitrogens with one attached hydrogen (secondary N) is 2. The van der Waals surface area contributed by atoms with E-state index < -0.39 is 17.6 Å². The van der Waals surface area contributed by atoms with E-state index in [1.165, 1.54) is 23.5 Å². The first-order valence-electron chi connectivity index (χ1n) is 7.48. The summed E-state index contributed by atoms with van der Waals surface area (Å²) in [6.45, 7) is -0.0230. The van der Waals surface area contributed by atoms with Gasteiger partial charge in [0, 0.05) is 25.0 Å². The van der Waals surface area contributed by atoms with E-state index in [2.05, 4.69) is 20.7 Å². The van der Waals surface area contributed by atoms with E-state index in [4.69, 9.17) is 0 Å². The second-order valence-electron chi connectivity index (χ2n) is 5.38. The van der Waals surface area contributed by atoms with Gasteiger partial charge in [-0.15, -0.1) is 11.3 Å². The van der Waals surface area contributed by atoms with Gasteiger partial charge in [-0.2, -0.15) is 18.3 Å². The Hall–Kier alpha value is -2.88. The molecule has 0 fully saturated rings. The Morgan fingerprint density at radius 1 is 1.31 bits per heavy atom. The summed E-state index contributed by atoms with van der Waals surface area (Å²) in [5, 5.41) is 11.7. The molecule has 0 spiro atoms. The Bertz CT molecular complexity index is 919. The molecule has 0 saturated carbocycles. The van der Waals surface area contributed by atoms with E-state index >= 15 is 0 Å².